The molecule has 0 unspecified atom stereocenters. The van der Waals surface area contributed by atoms with Crippen molar-refractivity contribution in [2.45, 2.75) is 68.1 Å². The molecule has 0 amide bonds. The topological polar surface area (TPSA) is 208 Å². The molecule has 0 saturated heterocycles. The van der Waals surface area contributed by atoms with Crippen LogP contribution in [0.4, 0.5) is 33.0 Å². The van der Waals surface area contributed by atoms with Crippen LogP contribution in [0.5, 0.6) is 0 Å². The summed E-state index contributed by atoms with van der Waals surface area (Å²) < 4.78 is 70.8. The second kappa shape index (κ2) is 16.7. The van der Waals surface area contributed by atoms with E-state index in [0.29, 0.717) is 45.3 Å². The first-order valence-corrected chi connectivity index (χ1v) is 23.8. The maximum absolute atomic E-state index is 12.3. The maximum Gasteiger partial charge on any atom is 0.297 e. The monoisotopic (exact) mass is 928 g/mol. The minimum absolute atomic E-state index is 0. The smallest absolute Gasteiger partial charge is 0.297 e. The number of fused-ring (bicyclic) bond motifs is 2. The van der Waals surface area contributed by atoms with E-state index in [1.165, 1.54) is 29.6 Å². The van der Waals surface area contributed by atoms with Crippen LogP contribution in [-0.2, 0) is 62.4 Å². The SMILES string of the molecule is CC(=O)c1ccc2nc(N=Nc3cc4c5c(c3S(=O)(=O)O)CCCN5CCC4)sc2c1.O=S(=O)(O)c1c(N=Nc2nc3ccccc3s2)cc2c3c1CCCN3CCC2.[Ni]. The van der Waals surface area contributed by atoms with Crippen molar-refractivity contribution < 1.29 is 47.2 Å². The molecule has 6 heterocycles. The summed E-state index contributed by atoms with van der Waals surface area (Å²) in [6.45, 7) is 5.11. The number of rotatable bonds is 7. The number of benzene rings is 4. The molecule has 0 bridgehead atoms. The molecule has 15 nitrogen and oxygen atoms in total. The molecule has 0 radical (unpaired) electrons. The second-order valence-electron chi connectivity index (χ2n) is 14.9. The van der Waals surface area contributed by atoms with Crippen LogP contribution in [0, 0.1) is 0 Å². The van der Waals surface area contributed by atoms with E-state index in [0.717, 1.165) is 102 Å². The molecular formula is C40H38N8NiO7S4. The van der Waals surface area contributed by atoms with Gasteiger partial charge in [-0.25, -0.2) is 9.97 Å². The molecule has 4 aliphatic rings. The quantitative estimate of drug-likeness (QED) is 0.0667. The van der Waals surface area contributed by atoms with E-state index in [1.54, 1.807) is 30.3 Å². The molecule has 2 aromatic heterocycles. The predicted octanol–water partition coefficient (Wildman–Crippen LogP) is 9.51. The number of para-hydroxylation sites is 1. The Morgan fingerprint density at radius 3 is 1.58 bits per heavy atom. The number of anilines is 2. The molecule has 4 aromatic carbocycles. The second-order valence-corrected chi connectivity index (χ2v) is 19.6. The fourth-order valence-electron chi connectivity index (χ4n) is 8.62. The number of carbonyl (C=O) groups is 1. The zero-order chi connectivity index (χ0) is 41.1. The first-order chi connectivity index (χ1) is 28.3. The number of aryl methyl sites for hydroxylation is 2. The van der Waals surface area contributed by atoms with Crippen LogP contribution in [0.2, 0.25) is 0 Å². The summed E-state index contributed by atoms with van der Waals surface area (Å²) in [5, 5.41) is 17.6. The normalized spacial score (nSPS) is 16.1. The molecule has 4 aliphatic heterocycles. The maximum atomic E-state index is 12.3. The van der Waals surface area contributed by atoms with Crippen LogP contribution in [-0.4, -0.2) is 67.9 Å². The van der Waals surface area contributed by atoms with E-state index >= 15 is 0 Å². The number of ketones is 1. The van der Waals surface area contributed by atoms with Crippen molar-refractivity contribution in [2.75, 3.05) is 36.0 Å². The summed E-state index contributed by atoms with van der Waals surface area (Å²) in [4.78, 5) is 24.6. The minimum Gasteiger partial charge on any atom is -0.371 e. The van der Waals surface area contributed by atoms with Gasteiger partial charge in [-0.2, -0.15) is 16.8 Å². The van der Waals surface area contributed by atoms with E-state index in [2.05, 4.69) is 40.2 Å². The molecule has 10 rings (SSSR count). The van der Waals surface area contributed by atoms with Crippen molar-refractivity contribution >= 4 is 102 Å². The number of azo groups is 2. The average Bonchev–Trinajstić information content (AvgIpc) is 3.82. The average molecular weight is 930 g/mol. The van der Waals surface area contributed by atoms with Crippen LogP contribution >= 0.6 is 22.7 Å². The Bertz CT molecular complexity index is 2950. The number of thiazole rings is 2. The standard InChI is InChI=1S/C21H20N4O4S2.C19H18N4O3S2.Ni/c1-12(26)13-6-7-16-18(11-13)30-21(22-16)24-23-17-10-14-4-2-8-25-9-3-5-15(19(14)25)20(17)31(27,28)29;24-28(25,26)18-13-6-4-10-23-9-3-5-12(17(13)23)11-15(18)21-22-19-20-14-7-1-2-8-16(14)27-19;/h6-7,10-11H,2-5,8-9H2,1H3,(H,27,28,29);1-2,7-8,11H,3-6,9-10H2,(H,24,25,26);. The van der Waals surface area contributed by atoms with Crippen LogP contribution in [0.25, 0.3) is 20.4 Å². The first-order valence-electron chi connectivity index (χ1n) is 19.2. The summed E-state index contributed by atoms with van der Waals surface area (Å²) in [7, 11) is -8.90. The molecule has 0 saturated carbocycles. The number of hydrogen-bond donors (Lipinski definition) is 2. The Hall–Kier alpha value is -4.56. The molecule has 2 N–H and O–H groups in total. The van der Waals surface area contributed by atoms with Gasteiger partial charge in [-0.05, 0) is 123 Å². The Balaban J connectivity index is 0.000000164. The molecule has 314 valence electrons. The summed E-state index contributed by atoms with van der Waals surface area (Å²) in [6.07, 6.45) is 6.58. The van der Waals surface area contributed by atoms with Gasteiger partial charge in [0.05, 0.1) is 20.4 Å². The van der Waals surface area contributed by atoms with Gasteiger partial charge < -0.3 is 9.80 Å². The Kier molecular flexibility index (Phi) is 11.7. The summed E-state index contributed by atoms with van der Waals surface area (Å²) >= 11 is 2.66. The van der Waals surface area contributed by atoms with Crippen LogP contribution < -0.4 is 9.80 Å². The van der Waals surface area contributed by atoms with Crippen molar-refractivity contribution in [1.82, 2.24) is 9.97 Å². The van der Waals surface area contributed by atoms with E-state index in [9.17, 15) is 30.7 Å². The third-order valence-corrected chi connectivity index (χ3v) is 14.7. The zero-order valence-electron chi connectivity index (χ0n) is 32.1. The van der Waals surface area contributed by atoms with Crippen LogP contribution in [0.15, 0.2) is 84.8 Å². The van der Waals surface area contributed by atoms with E-state index in [4.69, 9.17) is 0 Å². The fourth-order valence-corrected chi connectivity index (χ4v) is 12.0. The van der Waals surface area contributed by atoms with E-state index in [1.807, 2.05) is 24.3 Å². The molecule has 0 fully saturated rings. The van der Waals surface area contributed by atoms with Gasteiger partial charge in [-0.3, -0.25) is 13.9 Å². The Labute approximate surface area is 364 Å². The van der Waals surface area contributed by atoms with Gasteiger partial charge in [0.25, 0.3) is 20.2 Å². The third-order valence-electron chi connectivity index (χ3n) is 11.0. The van der Waals surface area contributed by atoms with Gasteiger partial charge in [0.15, 0.2) is 5.78 Å². The van der Waals surface area contributed by atoms with Gasteiger partial charge >= 0.3 is 0 Å². The largest absolute Gasteiger partial charge is 0.371 e. The van der Waals surface area contributed by atoms with Crippen molar-refractivity contribution in [3.05, 3.63) is 82.4 Å². The molecule has 0 aliphatic carbocycles. The van der Waals surface area contributed by atoms with Gasteiger partial charge in [0.2, 0.25) is 10.3 Å². The number of aromatic nitrogens is 2. The molecule has 0 spiro atoms. The minimum atomic E-state index is -4.48. The van der Waals surface area contributed by atoms with Crippen molar-refractivity contribution in [3.8, 4) is 0 Å². The Morgan fingerprint density at radius 2 is 1.10 bits per heavy atom. The summed E-state index contributed by atoms with van der Waals surface area (Å²) in [6, 6.07) is 16.4. The van der Waals surface area contributed by atoms with Crippen molar-refractivity contribution in [2.24, 2.45) is 20.5 Å². The van der Waals surface area contributed by atoms with Crippen molar-refractivity contribution in [3.63, 3.8) is 0 Å². The first kappa shape index (κ1) is 42.1. The third kappa shape index (κ3) is 8.25. The number of nitrogens with zero attached hydrogens (tertiary/aromatic N) is 8. The molecular weight excluding hydrogens is 891 g/mol. The number of hydrogen-bond acceptors (Lipinski definition) is 15. The number of Topliss-reactive ketones (excluding diaryl/α,β-unsaturated/α-hetero) is 1. The summed E-state index contributed by atoms with van der Waals surface area (Å²) in [5.41, 5.74) is 7.76. The Morgan fingerprint density at radius 1 is 0.633 bits per heavy atom. The fraction of sp³-hybridized carbons (Fsp3) is 0.325. The molecule has 60 heavy (non-hydrogen) atoms. The van der Waals surface area contributed by atoms with Gasteiger partial charge in [0.1, 0.15) is 21.2 Å². The van der Waals surface area contributed by atoms with Crippen LogP contribution in [0.1, 0.15) is 65.2 Å². The molecule has 6 aromatic rings. The zero-order valence-corrected chi connectivity index (χ0v) is 36.4. The van der Waals surface area contributed by atoms with Crippen LogP contribution in [0.3, 0.4) is 0 Å². The van der Waals surface area contributed by atoms with Gasteiger partial charge in [-0.1, -0.05) is 34.8 Å². The number of carbonyl (C=O) groups excluding carboxylic acids is 1. The molecule has 20 heteroatoms. The predicted molar refractivity (Wildman–Crippen MR) is 228 cm³/mol. The molecule has 0 atom stereocenters. The van der Waals surface area contributed by atoms with E-state index < -0.39 is 20.2 Å². The van der Waals surface area contributed by atoms with Gasteiger partial charge in [-0.15, -0.1) is 20.5 Å². The van der Waals surface area contributed by atoms with Gasteiger partial charge in [0, 0.05) is 59.6 Å². The van der Waals surface area contributed by atoms with E-state index in [-0.39, 0.29) is 43.4 Å². The van der Waals surface area contributed by atoms with Crippen molar-refractivity contribution in [1.29, 1.82) is 0 Å². The summed E-state index contributed by atoms with van der Waals surface area (Å²) in [5.74, 6) is -0.0339.